The standard InChI is InChI=1S/C26H32FN5O4S2/c27-19-7-5-16(6-8-19)11-20-13-24(34)32-22(15-38-37-10-9-21(28)25(35)31-20)26(36)30-14-18-4-2-1-3-17(18)12-23(29)33/h1-8,20-22H,9-15,28H2,(H2,29,33)(H,30,36)(H,31,35)(H,32,34)/t20-,21-,22-/m0/s1. The van der Waals surface area contributed by atoms with E-state index in [2.05, 4.69) is 16.0 Å². The first-order valence-corrected chi connectivity index (χ1v) is 14.7. The van der Waals surface area contributed by atoms with Crippen LogP contribution >= 0.6 is 21.6 Å². The quantitative estimate of drug-likeness (QED) is 0.318. The Hall–Kier alpha value is -3.09. The molecule has 0 radical (unpaired) electrons. The number of amides is 4. The maximum atomic E-state index is 13.3. The predicted molar refractivity (Wildman–Crippen MR) is 147 cm³/mol. The van der Waals surface area contributed by atoms with Gasteiger partial charge < -0.3 is 27.4 Å². The monoisotopic (exact) mass is 561 g/mol. The molecule has 38 heavy (non-hydrogen) atoms. The van der Waals surface area contributed by atoms with Gasteiger partial charge in [-0.15, -0.1) is 0 Å². The van der Waals surface area contributed by atoms with E-state index in [4.69, 9.17) is 11.5 Å². The lowest BCUT2D eigenvalue weighted by atomic mass is 10.0. The van der Waals surface area contributed by atoms with E-state index < -0.39 is 29.9 Å². The number of nitrogens with two attached hydrogens (primary N) is 2. The summed E-state index contributed by atoms with van der Waals surface area (Å²) in [5.41, 5.74) is 13.6. The highest BCUT2D eigenvalue weighted by molar-refractivity contribution is 8.76. The molecule has 204 valence electrons. The van der Waals surface area contributed by atoms with Crippen molar-refractivity contribution in [2.24, 2.45) is 11.5 Å². The molecule has 1 heterocycles. The Balaban J connectivity index is 1.70. The molecule has 0 aromatic heterocycles. The minimum atomic E-state index is -0.820. The van der Waals surface area contributed by atoms with Crippen LogP contribution < -0.4 is 27.4 Å². The number of rotatable bonds is 7. The third kappa shape index (κ3) is 9.66. The summed E-state index contributed by atoms with van der Waals surface area (Å²) in [6.45, 7) is 0.171. The summed E-state index contributed by atoms with van der Waals surface area (Å²) in [5, 5.41) is 8.47. The molecule has 3 atom stereocenters. The molecule has 0 saturated carbocycles. The summed E-state index contributed by atoms with van der Waals surface area (Å²) >= 11 is 0. The van der Waals surface area contributed by atoms with Gasteiger partial charge in [0.15, 0.2) is 0 Å². The van der Waals surface area contributed by atoms with Crippen molar-refractivity contribution in [2.45, 2.75) is 50.4 Å². The number of nitrogens with one attached hydrogen (secondary N) is 3. The number of hydrogen-bond acceptors (Lipinski definition) is 7. The van der Waals surface area contributed by atoms with Gasteiger partial charge in [0.05, 0.1) is 12.5 Å². The Morgan fingerprint density at radius 3 is 2.45 bits per heavy atom. The molecular weight excluding hydrogens is 529 g/mol. The van der Waals surface area contributed by atoms with Crippen molar-refractivity contribution in [1.29, 1.82) is 0 Å². The third-order valence-corrected chi connectivity index (χ3v) is 8.38. The fourth-order valence-electron chi connectivity index (χ4n) is 3.92. The van der Waals surface area contributed by atoms with Crippen LogP contribution in [0, 0.1) is 5.82 Å². The van der Waals surface area contributed by atoms with Crippen molar-refractivity contribution < 1.29 is 23.6 Å². The van der Waals surface area contributed by atoms with Crippen LogP contribution in [0.15, 0.2) is 48.5 Å². The van der Waals surface area contributed by atoms with E-state index in [1.807, 2.05) is 0 Å². The van der Waals surface area contributed by atoms with E-state index in [1.54, 1.807) is 36.4 Å². The van der Waals surface area contributed by atoms with Crippen LogP contribution in [0.3, 0.4) is 0 Å². The number of halogens is 1. The average molecular weight is 562 g/mol. The minimum absolute atomic E-state index is 0.0575. The molecule has 7 N–H and O–H groups in total. The van der Waals surface area contributed by atoms with Crippen LogP contribution in [-0.4, -0.2) is 53.3 Å². The van der Waals surface area contributed by atoms with Gasteiger partial charge in [-0.3, -0.25) is 19.2 Å². The lowest BCUT2D eigenvalue weighted by molar-refractivity contribution is -0.129. The van der Waals surface area contributed by atoms with Crippen LogP contribution in [0.4, 0.5) is 4.39 Å². The van der Waals surface area contributed by atoms with Gasteiger partial charge in [-0.1, -0.05) is 58.0 Å². The second-order valence-electron chi connectivity index (χ2n) is 8.99. The highest BCUT2D eigenvalue weighted by atomic mass is 33.1. The smallest absolute Gasteiger partial charge is 0.243 e. The van der Waals surface area contributed by atoms with Gasteiger partial charge in [-0.2, -0.15) is 0 Å². The topological polar surface area (TPSA) is 156 Å². The van der Waals surface area contributed by atoms with Crippen LogP contribution in [0.25, 0.3) is 0 Å². The van der Waals surface area contributed by atoms with E-state index in [0.29, 0.717) is 24.3 Å². The highest BCUT2D eigenvalue weighted by Gasteiger charge is 2.26. The van der Waals surface area contributed by atoms with Crippen molar-refractivity contribution in [2.75, 3.05) is 11.5 Å². The van der Waals surface area contributed by atoms with Gasteiger partial charge in [0.2, 0.25) is 23.6 Å². The van der Waals surface area contributed by atoms with Crippen molar-refractivity contribution in [3.8, 4) is 0 Å². The second-order valence-corrected chi connectivity index (χ2v) is 11.6. The van der Waals surface area contributed by atoms with Crippen molar-refractivity contribution >= 4 is 45.2 Å². The molecule has 4 amide bonds. The lowest BCUT2D eigenvalue weighted by Gasteiger charge is -2.22. The zero-order chi connectivity index (χ0) is 27.5. The highest BCUT2D eigenvalue weighted by Crippen LogP contribution is 2.24. The molecule has 0 bridgehead atoms. The summed E-state index contributed by atoms with van der Waals surface area (Å²) in [6, 6.07) is 10.9. The first-order valence-electron chi connectivity index (χ1n) is 12.2. The second kappa shape index (κ2) is 14.7. The van der Waals surface area contributed by atoms with Gasteiger partial charge >= 0.3 is 0 Å². The third-order valence-electron chi connectivity index (χ3n) is 5.93. The Morgan fingerprint density at radius 1 is 1.03 bits per heavy atom. The van der Waals surface area contributed by atoms with Gasteiger partial charge in [0, 0.05) is 30.5 Å². The van der Waals surface area contributed by atoms with Crippen molar-refractivity contribution in [3.05, 3.63) is 71.0 Å². The summed E-state index contributed by atoms with van der Waals surface area (Å²) < 4.78 is 13.3. The molecule has 9 nitrogen and oxygen atoms in total. The zero-order valence-corrected chi connectivity index (χ0v) is 22.4. The van der Waals surface area contributed by atoms with E-state index in [1.165, 1.54) is 33.7 Å². The molecule has 2 aromatic rings. The molecule has 0 unspecified atom stereocenters. The van der Waals surface area contributed by atoms with E-state index in [-0.39, 0.29) is 37.0 Å². The van der Waals surface area contributed by atoms with Gasteiger partial charge in [-0.25, -0.2) is 4.39 Å². The molecule has 1 saturated heterocycles. The number of carbonyl (C=O) groups excluding carboxylic acids is 4. The summed E-state index contributed by atoms with van der Waals surface area (Å²) in [5.74, 6) is -1.10. The maximum Gasteiger partial charge on any atom is 0.243 e. The maximum absolute atomic E-state index is 13.3. The van der Waals surface area contributed by atoms with Crippen LogP contribution in [0.1, 0.15) is 29.5 Å². The summed E-state index contributed by atoms with van der Waals surface area (Å²) in [4.78, 5) is 50.1. The largest absolute Gasteiger partial charge is 0.369 e. The molecular formula is C26H32FN5O4S2. The molecule has 3 rings (SSSR count). The molecule has 2 aromatic carbocycles. The minimum Gasteiger partial charge on any atom is -0.369 e. The Bertz CT molecular complexity index is 1130. The van der Waals surface area contributed by atoms with Gasteiger partial charge in [0.1, 0.15) is 11.9 Å². The van der Waals surface area contributed by atoms with Crippen molar-refractivity contribution in [3.63, 3.8) is 0 Å². The molecule has 1 aliphatic rings. The molecule has 0 spiro atoms. The molecule has 12 heteroatoms. The average Bonchev–Trinajstić information content (AvgIpc) is 2.88. The number of hydrogen-bond donors (Lipinski definition) is 5. The van der Waals surface area contributed by atoms with Crippen LogP contribution in [-0.2, 0) is 38.6 Å². The molecule has 1 fully saturated rings. The van der Waals surface area contributed by atoms with Gasteiger partial charge in [-0.05, 0) is 41.7 Å². The number of benzene rings is 2. The van der Waals surface area contributed by atoms with E-state index in [0.717, 1.165) is 16.7 Å². The number of carbonyl (C=O) groups is 4. The summed E-state index contributed by atoms with van der Waals surface area (Å²) in [6.07, 6.45) is 0.700. The molecule has 0 aliphatic carbocycles. The lowest BCUT2D eigenvalue weighted by Crippen LogP contribution is -2.51. The fraction of sp³-hybridized carbons (Fsp3) is 0.385. The van der Waals surface area contributed by atoms with Crippen LogP contribution in [0.5, 0.6) is 0 Å². The predicted octanol–water partition coefficient (Wildman–Crippen LogP) is 1.18. The van der Waals surface area contributed by atoms with E-state index in [9.17, 15) is 23.6 Å². The van der Waals surface area contributed by atoms with Crippen molar-refractivity contribution in [1.82, 2.24) is 16.0 Å². The number of primary amides is 1. The first kappa shape index (κ1) is 29.5. The first-order chi connectivity index (χ1) is 18.2. The Labute approximate surface area is 228 Å². The fourth-order valence-corrected chi connectivity index (χ4v) is 6.20. The Morgan fingerprint density at radius 2 is 1.74 bits per heavy atom. The molecule has 1 aliphatic heterocycles. The SMILES string of the molecule is NC(=O)Cc1ccccc1CNC(=O)[C@@H]1CSSCC[C@H](N)C(=O)N[C@@H](Cc2ccc(F)cc2)CC(=O)N1. The zero-order valence-electron chi connectivity index (χ0n) is 20.8. The normalized spacial score (nSPS) is 21.2. The van der Waals surface area contributed by atoms with Gasteiger partial charge in [0.25, 0.3) is 0 Å². The van der Waals surface area contributed by atoms with E-state index >= 15 is 0 Å². The van der Waals surface area contributed by atoms with Crippen LogP contribution in [0.2, 0.25) is 0 Å². The summed E-state index contributed by atoms with van der Waals surface area (Å²) in [7, 11) is 2.88. The Kier molecular flexibility index (Phi) is 11.4.